The maximum atomic E-state index is 2.46. The molecule has 92 valence electrons. The van der Waals surface area contributed by atoms with E-state index in [-0.39, 0.29) is 0 Å². The fourth-order valence-electron chi connectivity index (χ4n) is 2.64. The Morgan fingerprint density at radius 1 is 0.800 bits per heavy atom. The predicted molar refractivity (Wildman–Crippen MR) is 71.1 cm³/mol. The molecule has 0 bridgehead atoms. The topological polar surface area (TPSA) is 0 Å². The van der Waals surface area contributed by atoms with Gasteiger partial charge in [-0.25, -0.2) is 0 Å². The maximum absolute atomic E-state index is 2.46. The van der Waals surface area contributed by atoms with Gasteiger partial charge in [-0.2, -0.15) is 0 Å². The van der Waals surface area contributed by atoms with Crippen molar-refractivity contribution in [3.8, 4) is 0 Å². The third-order valence-corrected chi connectivity index (χ3v) is 3.35. The third kappa shape index (κ3) is 7.88. The Morgan fingerprint density at radius 2 is 1.33 bits per heavy atom. The summed E-state index contributed by atoms with van der Waals surface area (Å²) in [6.45, 7) is 14.2. The molecule has 0 radical (unpaired) electrons. The van der Waals surface area contributed by atoms with Crippen molar-refractivity contribution >= 4 is 0 Å². The summed E-state index contributed by atoms with van der Waals surface area (Å²) in [5.41, 5.74) is 0. The van der Waals surface area contributed by atoms with Crippen molar-refractivity contribution in [1.82, 2.24) is 0 Å². The van der Waals surface area contributed by atoms with Crippen molar-refractivity contribution in [3.05, 3.63) is 0 Å². The van der Waals surface area contributed by atoms with E-state index in [4.69, 9.17) is 0 Å². The van der Waals surface area contributed by atoms with Gasteiger partial charge in [0, 0.05) is 0 Å². The summed E-state index contributed by atoms with van der Waals surface area (Å²) in [6.07, 6.45) is 7.04. The average molecular weight is 212 g/mol. The standard InChI is InChI=1S/C15H32/c1-7-8-9-15(11-13(4)5)14(6)10-12(2)3/h12-15H,7-11H2,1-6H3. The Morgan fingerprint density at radius 3 is 1.73 bits per heavy atom. The van der Waals surface area contributed by atoms with E-state index in [9.17, 15) is 0 Å². The Kier molecular flexibility index (Phi) is 8.19. The highest BCUT2D eigenvalue weighted by Crippen LogP contribution is 2.29. The molecule has 2 unspecified atom stereocenters. The van der Waals surface area contributed by atoms with Gasteiger partial charge in [0.2, 0.25) is 0 Å². The summed E-state index contributed by atoms with van der Waals surface area (Å²) in [6, 6.07) is 0. The first-order valence-electron chi connectivity index (χ1n) is 6.97. The molecule has 0 aliphatic rings. The third-order valence-electron chi connectivity index (χ3n) is 3.35. The molecule has 0 saturated heterocycles. The van der Waals surface area contributed by atoms with Crippen LogP contribution in [0.25, 0.3) is 0 Å². The van der Waals surface area contributed by atoms with Gasteiger partial charge in [-0.3, -0.25) is 0 Å². The van der Waals surface area contributed by atoms with Gasteiger partial charge >= 0.3 is 0 Å². The smallest absolute Gasteiger partial charge is 0.0386 e. The Balaban J connectivity index is 4.07. The molecule has 0 heterocycles. The van der Waals surface area contributed by atoms with Crippen LogP contribution in [0.5, 0.6) is 0 Å². The van der Waals surface area contributed by atoms with E-state index in [0.717, 1.165) is 23.7 Å². The summed E-state index contributed by atoms with van der Waals surface area (Å²) < 4.78 is 0. The molecule has 0 saturated carbocycles. The second kappa shape index (κ2) is 8.19. The van der Waals surface area contributed by atoms with E-state index in [1.807, 2.05) is 0 Å². The van der Waals surface area contributed by atoms with Gasteiger partial charge in [-0.05, 0) is 36.5 Å². The highest BCUT2D eigenvalue weighted by molar-refractivity contribution is 4.69. The van der Waals surface area contributed by atoms with Gasteiger partial charge in [-0.1, -0.05) is 60.8 Å². The molecule has 0 heteroatoms. The van der Waals surface area contributed by atoms with Gasteiger partial charge in [0.1, 0.15) is 0 Å². The van der Waals surface area contributed by atoms with Crippen LogP contribution in [0.15, 0.2) is 0 Å². The lowest BCUT2D eigenvalue weighted by molar-refractivity contribution is 0.243. The van der Waals surface area contributed by atoms with Crippen molar-refractivity contribution < 1.29 is 0 Å². The molecule has 0 aliphatic carbocycles. The molecule has 0 aliphatic heterocycles. The van der Waals surface area contributed by atoms with Crippen LogP contribution in [0.2, 0.25) is 0 Å². The van der Waals surface area contributed by atoms with E-state index in [1.54, 1.807) is 0 Å². The van der Waals surface area contributed by atoms with Crippen LogP contribution in [0.4, 0.5) is 0 Å². The minimum Gasteiger partial charge on any atom is -0.0654 e. The lowest BCUT2D eigenvalue weighted by Crippen LogP contribution is -2.16. The molecule has 15 heavy (non-hydrogen) atoms. The zero-order valence-corrected chi connectivity index (χ0v) is 11.8. The summed E-state index contributed by atoms with van der Waals surface area (Å²) in [5, 5.41) is 0. The number of hydrogen-bond acceptors (Lipinski definition) is 0. The average Bonchev–Trinajstić information content (AvgIpc) is 2.10. The molecular weight excluding hydrogens is 180 g/mol. The Bertz CT molecular complexity index is 135. The van der Waals surface area contributed by atoms with Crippen LogP contribution in [0.3, 0.4) is 0 Å². The van der Waals surface area contributed by atoms with Crippen LogP contribution in [-0.4, -0.2) is 0 Å². The van der Waals surface area contributed by atoms with Crippen molar-refractivity contribution in [2.45, 2.75) is 73.6 Å². The van der Waals surface area contributed by atoms with Crippen LogP contribution >= 0.6 is 0 Å². The van der Waals surface area contributed by atoms with Gasteiger partial charge in [0.15, 0.2) is 0 Å². The van der Waals surface area contributed by atoms with Crippen LogP contribution in [0, 0.1) is 23.7 Å². The van der Waals surface area contributed by atoms with E-state index < -0.39 is 0 Å². The molecule has 2 atom stereocenters. The summed E-state index contributed by atoms with van der Waals surface area (Å²) in [7, 11) is 0. The highest BCUT2D eigenvalue weighted by Gasteiger charge is 2.18. The minimum atomic E-state index is 0.858. The van der Waals surface area contributed by atoms with Gasteiger partial charge in [-0.15, -0.1) is 0 Å². The number of unbranched alkanes of at least 4 members (excludes halogenated alkanes) is 1. The largest absolute Gasteiger partial charge is 0.0654 e. The van der Waals surface area contributed by atoms with E-state index in [2.05, 4.69) is 41.5 Å². The SMILES string of the molecule is CCCCC(CC(C)C)C(C)CC(C)C. The summed E-state index contributed by atoms with van der Waals surface area (Å²) in [4.78, 5) is 0. The first-order valence-corrected chi connectivity index (χ1v) is 6.97. The minimum absolute atomic E-state index is 0.858. The molecule has 0 aromatic rings. The van der Waals surface area contributed by atoms with Crippen molar-refractivity contribution in [2.75, 3.05) is 0 Å². The molecular formula is C15H32. The van der Waals surface area contributed by atoms with Gasteiger partial charge in [0.05, 0.1) is 0 Å². The maximum Gasteiger partial charge on any atom is -0.0386 e. The lowest BCUT2D eigenvalue weighted by Gasteiger charge is -2.27. The monoisotopic (exact) mass is 212 g/mol. The molecule has 0 N–H and O–H groups in total. The van der Waals surface area contributed by atoms with E-state index in [0.29, 0.717) is 0 Å². The molecule has 0 spiro atoms. The first-order chi connectivity index (χ1) is 6.97. The molecule has 0 aromatic heterocycles. The molecule has 0 rings (SSSR count). The van der Waals surface area contributed by atoms with Crippen LogP contribution < -0.4 is 0 Å². The molecule has 0 nitrogen and oxygen atoms in total. The molecule has 0 fully saturated rings. The van der Waals surface area contributed by atoms with Crippen LogP contribution in [-0.2, 0) is 0 Å². The van der Waals surface area contributed by atoms with Crippen LogP contribution in [0.1, 0.15) is 73.6 Å². The fourth-order valence-corrected chi connectivity index (χ4v) is 2.64. The second-order valence-electron chi connectivity index (χ2n) is 6.14. The molecule has 0 aromatic carbocycles. The number of hydrogen-bond donors (Lipinski definition) is 0. The quantitative estimate of drug-likeness (QED) is 0.497. The summed E-state index contributed by atoms with van der Waals surface area (Å²) >= 11 is 0. The Labute approximate surface area is 97.8 Å². The van der Waals surface area contributed by atoms with Gasteiger partial charge < -0.3 is 0 Å². The Hall–Kier alpha value is 0. The zero-order valence-electron chi connectivity index (χ0n) is 11.8. The van der Waals surface area contributed by atoms with Crippen molar-refractivity contribution in [1.29, 1.82) is 0 Å². The second-order valence-corrected chi connectivity index (χ2v) is 6.14. The fraction of sp³-hybridized carbons (Fsp3) is 1.00. The van der Waals surface area contributed by atoms with E-state index >= 15 is 0 Å². The number of rotatable bonds is 8. The lowest BCUT2D eigenvalue weighted by atomic mass is 9.79. The van der Waals surface area contributed by atoms with E-state index in [1.165, 1.54) is 32.1 Å². The van der Waals surface area contributed by atoms with Crippen molar-refractivity contribution in [2.24, 2.45) is 23.7 Å². The van der Waals surface area contributed by atoms with Crippen molar-refractivity contribution in [3.63, 3.8) is 0 Å². The highest BCUT2D eigenvalue weighted by atomic mass is 14.2. The molecule has 0 amide bonds. The zero-order chi connectivity index (χ0) is 11.8. The summed E-state index contributed by atoms with van der Waals surface area (Å²) in [5.74, 6) is 3.60. The predicted octanol–water partition coefficient (Wildman–Crippen LogP) is 5.52. The van der Waals surface area contributed by atoms with Gasteiger partial charge in [0.25, 0.3) is 0 Å². The normalized spacial score (nSPS) is 16.0. The first kappa shape index (κ1) is 15.0.